The lowest BCUT2D eigenvalue weighted by Crippen LogP contribution is -2.27. The number of carbonyl (C=O) groups is 2. The molecule has 3 aromatic rings. The molecule has 0 saturated heterocycles. The SMILES string of the molecule is COCCNS(=O)(=O)c1cc(NC(=O)CC(C)C)ccc1Oc1c(C)c(C(=O)O)nn1-c1ccc(F)cc1. The number of amides is 1. The molecule has 0 fully saturated rings. The van der Waals surface area contributed by atoms with Crippen LogP contribution in [0.4, 0.5) is 10.1 Å². The van der Waals surface area contributed by atoms with Gasteiger partial charge in [0.05, 0.1) is 12.3 Å². The first-order chi connectivity index (χ1) is 17.9. The van der Waals surface area contributed by atoms with Gasteiger partial charge in [-0.15, -0.1) is 0 Å². The standard InChI is InChI=1S/C25H29FN4O7S/c1-15(2)13-22(31)28-18-7-10-20(21(14-18)38(34,35)27-11-12-36-4)37-24-16(3)23(25(32)33)29-30(24)19-8-5-17(26)6-9-19/h5-10,14-15,27H,11-13H2,1-4H3,(H,28,31)(H,32,33). The van der Waals surface area contributed by atoms with Crippen LogP contribution in [0.25, 0.3) is 5.69 Å². The lowest BCUT2D eigenvalue weighted by Gasteiger charge is -2.16. The zero-order valence-electron chi connectivity index (χ0n) is 21.3. The highest BCUT2D eigenvalue weighted by atomic mass is 32.2. The van der Waals surface area contributed by atoms with Crippen molar-refractivity contribution in [2.24, 2.45) is 5.92 Å². The maximum Gasteiger partial charge on any atom is 0.356 e. The molecule has 0 bridgehead atoms. The number of hydrogen-bond acceptors (Lipinski definition) is 7. The second kappa shape index (κ2) is 12.2. The topological polar surface area (TPSA) is 149 Å². The molecule has 0 atom stereocenters. The number of rotatable bonds is 12. The fourth-order valence-corrected chi connectivity index (χ4v) is 4.65. The Hall–Kier alpha value is -3.81. The predicted molar refractivity (Wildman–Crippen MR) is 137 cm³/mol. The van der Waals surface area contributed by atoms with Crippen molar-refractivity contribution in [1.29, 1.82) is 0 Å². The van der Waals surface area contributed by atoms with E-state index in [1.807, 2.05) is 13.8 Å². The van der Waals surface area contributed by atoms with E-state index in [4.69, 9.17) is 9.47 Å². The molecule has 204 valence electrons. The molecule has 2 aromatic carbocycles. The highest BCUT2D eigenvalue weighted by Gasteiger charge is 2.26. The third-order valence-corrected chi connectivity index (χ3v) is 6.74. The Morgan fingerprint density at radius 3 is 2.45 bits per heavy atom. The first-order valence-corrected chi connectivity index (χ1v) is 13.1. The summed E-state index contributed by atoms with van der Waals surface area (Å²) < 4.78 is 54.4. The normalized spacial score (nSPS) is 11.5. The van der Waals surface area contributed by atoms with E-state index in [-0.39, 0.29) is 70.6 Å². The maximum atomic E-state index is 13.5. The molecular weight excluding hydrogens is 519 g/mol. The van der Waals surface area contributed by atoms with Crippen molar-refractivity contribution in [1.82, 2.24) is 14.5 Å². The second-order valence-corrected chi connectivity index (χ2v) is 10.5. The second-order valence-electron chi connectivity index (χ2n) is 8.77. The number of benzene rings is 2. The van der Waals surface area contributed by atoms with Crippen LogP contribution in [0.3, 0.4) is 0 Å². The van der Waals surface area contributed by atoms with Crippen LogP contribution in [0.2, 0.25) is 0 Å². The molecule has 13 heteroatoms. The van der Waals surface area contributed by atoms with Gasteiger partial charge in [-0.05, 0) is 55.3 Å². The summed E-state index contributed by atoms with van der Waals surface area (Å²) in [5, 5.41) is 16.3. The van der Waals surface area contributed by atoms with Crippen LogP contribution in [0.15, 0.2) is 47.4 Å². The molecule has 1 aromatic heterocycles. The first-order valence-electron chi connectivity index (χ1n) is 11.6. The number of carboxylic acids is 1. The van der Waals surface area contributed by atoms with Crippen LogP contribution in [-0.2, 0) is 19.6 Å². The van der Waals surface area contributed by atoms with E-state index in [0.717, 1.165) is 4.68 Å². The van der Waals surface area contributed by atoms with Crippen LogP contribution < -0.4 is 14.8 Å². The van der Waals surface area contributed by atoms with Crippen molar-refractivity contribution >= 4 is 27.6 Å². The first kappa shape index (κ1) is 28.8. The van der Waals surface area contributed by atoms with Crippen molar-refractivity contribution < 1.29 is 37.0 Å². The van der Waals surface area contributed by atoms with Crippen molar-refractivity contribution in [3.8, 4) is 17.3 Å². The Morgan fingerprint density at radius 1 is 1.16 bits per heavy atom. The molecule has 38 heavy (non-hydrogen) atoms. The number of methoxy groups -OCH3 is 1. The van der Waals surface area contributed by atoms with E-state index in [1.165, 1.54) is 56.5 Å². The Kier molecular flexibility index (Phi) is 9.20. The van der Waals surface area contributed by atoms with Crippen molar-refractivity contribution in [2.45, 2.75) is 32.1 Å². The quantitative estimate of drug-likeness (QED) is 0.290. The molecule has 11 nitrogen and oxygen atoms in total. The molecule has 0 aliphatic carbocycles. The molecule has 0 saturated carbocycles. The van der Waals surface area contributed by atoms with E-state index in [9.17, 15) is 27.5 Å². The van der Waals surface area contributed by atoms with Crippen LogP contribution in [0, 0.1) is 18.7 Å². The van der Waals surface area contributed by atoms with Gasteiger partial charge in [0.25, 0.3) is 0 Å². The van der Waals surface area contributed by atoms with E-state index in [1.54, 1.807) is 0 Å². The fraction of sp³-hybridized carbons (Fsp3) is 0.320. The van der Waals surface area contributed by atoms with Crippen molar-refractivity contribution in [3.05, 3.63) is 59.5 Å². The number of nitrogens with one attached hydrogen (secondary N) is 2. The molecule has 0 aliphatic heterocycles. The number of ether oxygens (including phenoxy) is 2. The minimum atomic E-state index is -4.17. The zero-order valence-corrected chi connectivity index (χ0v) is 22.1. The lowest BCUT2D eigenvalue weighted by molar-refractivity contribution is -0.116. The van der Waals surface area contributed by atoms with Gasteiger partial charge in [0.1, 0.15) is 16.5 Å². The van der Waals surface area contributed by atoms with Crippen LogP contribution in [0.1, 0.15) is 36.3 Å². The van der Waals surface area contributed by atoms with Gasteiger partial charge < -0.3 is 19.9 Å². The minimum Gasteiger partial charge on any atom is -0.476 e. The van der Waals surface area contributed by atoms with Gasteiger partial charge in [-0.2, -0.15) is 9.78 Å². The predicted octanol–water partition coefficient (Wildman–Crippen LogP) is 3.72. The number of aromatic carboxylic acids is 1. The van der Waals surface area contributed by atoms with Crippen molar-refractivity contribution in [3.63, 3.8) is 0 Å². The van der Waals surface area contributed by atoms with Crippen LogP contribution >= 0.6 is 0 Å². The van der Waals surface area contributed by atoms with Gasteiger partial charge in [0.2, 0.25) is 21.8 Å². The Balaban J connectivity index is 2.11. The average molecular weight is 549 g/mol. The minimum absolute atomic E-state index is 0.0298. The highest BCUT2D eigenvalue weighted by Crippen LogP contribution is 2.35. The molecule has 0 spiro atoms. The summed E-state index contributed by atoms with van der Waals surface area (Å²) in [5.41, 5.74) is 0.304. The van der Waals surface area contributed by atoms with Gasteiger partial charge in [-0.1, -0.05) is 13.8 Å². The van der Waals surface area contributed by atoms with E-state index in [2.05, 4.69) is 15.1 Å². The van der Waals surface area contributed by atoms with Gasteiger partial charge in [-0.25, -0.2) is 22.3 Å². The molecule has 1 amide bonds. The monoisotopic (exact) mass is 548 g/mol. The molecular formula is C25H29FN4O7S. The van der Waals surface area contributed by atoms with E-state index in [0.29, 0.717) is 0 Å². The lowest BCUT2D eigenvalue weighted by atomic mass is 10.1. The van der Waals surface area contributed by atoms with Crippen molar-refractivity contribution in [2.75, 3.05) is 25.6 Å². The van der Waals surface area contributed by atoms with E-state index < -0.39 is 21.8 Å². The Bertz CT molecular complexity index is 1420. The molecule has 0 aliphatic rings. The highest BCUT2D eigenvalue weighted by molar-refractivity contribution is 7.89. The molecule has 1 heterocycles. The number of aromatic nitrogens is 2. The summed E-state index contributed by atoms with van der Waals surface area (Å²) in [6.45, 7) is 5.29. The molecule has 3 N–H and O–H groups in total. The summed E-state index contributed by atoms with van der Waals surface area (Å²) in [6, 6.07) is 9.14. The number of carboxylic acid groups (broad SMARTS) is 1. The summed E-state index contributed by atoms with van der Waals surface area (Å²) in [7, 11) is -2.75. The number of halogens is 1. The van der Waals surface area contributed by atoms with Gasteiger partial charge in [0.15, 0.2) is 5.69 Å². The summed E-state index contributed by atoms with van der Waals surface area (Å²) in [4.78, 5) is 23.8. The zero-order chi connectivity index (χ0) is 28.0. The van der Waals surface area contributed by atoms with Gasteiger partial charge >= 0.3 is 5.97 Å². The third-order valence-electron chi connectivity index (χ3n) is 5.26. The molecule has 3 rings (SSSR count). The van der Waals surface area contributed by atoms with Gasteiger partial charge in [-0.3, -0.25) is 4.79 Å². The molecule has 0 radical (unpaired) electrons. The largest absolute Gasteiger partial charge is 0.476 e. The number of hydrogen-bond donors (Lipinski definition) is 3. The van der Waals surface area contributed by atoms with Crippen LogP contribution in [-0.4, -0.2) is 55.4 Å². The smallest absolute Gasteiger partial charge is 0.356 e. The summed E-state index contributed by atoms with van der Waals surface area (Å²) >= 11 is 0. The Labute approximate surface area is 219 Å². The molecule has 0 unspecified atom stereocenters. The number of sulfonamides is 1. The maximum absolute atomic E-state index is 13.5. The van der Waals surface area contributed by atoms with E-state index >= 15 is 0 Å². The Morgan fingerprint density at radius 2 is 1.84 bits per heavy atom. The van der Waals surface area contributed by atoms with Gasteiger partial charge in [0, 0.05) is 31.3 Å². The summed E-state index contributed by atoms with van der Waals surface area (Å²) in [5.74, 6) is -2.27. The number of nitrogens with zero attached hydrogens (tertiary/aromatic N) is 2. The number of anilines is 1. The number of carbonyl (C=O) groups excluding carboxylic acids is 1. The summed E-state index contributed by atoms with van der Waals surface area (Å²) in [6.07, 6.45) is 0.237. The third kappa shape index (κ3) is 6.94. The average Bonchev–Trinajstić information content (AvgIpc) is 3.16. The van der Waals surface area contributed by atoms with Crippen LogP contribution in [0.5, 0.6) is 11.6 Å². The fourth-order valence-electron chi connectivity index (χ4n) is 3.48.